The van der Waals surface area contributed by atoms with Gasteiger partial charge in [0.25, 0.3) is 0 Å². The summed E-state index contributed by atoms with van der Waals surface area (Å²) < 4.78 is 0. The van der Waals surface area contributed by atoms with E-state index in [1.807, 2.05) is 0 Å². The number of halogens is 1. The molecule has 0 bridgehead atoms. The van der Waals surface area contributed by atoms with E-state index in [1.165, 1.54) is 6.20 Å². The number of rotatable bonds is 2. The number of hydrogen-bond donors (Lipinski definition) is 1. The Kier molecular flexibility index (Phi) is 2.28. The Morgan fingerprint density at radius 3 is 2.93 bits per heavy atom. The molecule has 2 aromatic rings. The molecule has 2 rings (SSSR count). The summed E-state index contributed by atoms with van der Waals surface area (Å²) in [5.41, 5.74) is 0.948. The van der Waals surface area contributed by atoms with Gasteiger partial charge in [0.05, 0.1) is 16.9 Å². The number of nitrogens with zero attached hydrogens (tertiary/aromatic N) is 2. The molecule has 0 aliphatic heterocycles. The molecule has 0 amide bonds. The first-order valence-corrected chi connectivity index (χ1v) is 4.30. The van der Waals surface area contributed by atoms with Gasteiger partial charge in [0, 0.05) is 6.20 Å². The third kappa shape index (κ3) is 1.52. The van der Waals surface area contributed by atoms with Crippen LogP contribution in [0, 0.1) is 0 Å². The number of hydrogen-bond acceptors (Lipinski definition) is 3. The molecule has 1 N–H and O–H groups in total. The number of aldehydes is 1. The van der Waals surface area contributed by atoms with Crippen LogP contribution in [0.3, 0.4) is 0 Å². The van der Waals surface area contributed by atoms with Crippen molar-refractivity contribution in [3.63, 3.8) is 0 Å². The molecule has 0 fully saturated rings. The quantitative estimate of drug-likeness (QED) is 0.766. The predicted octanol–water partition coefficient (Wildman–Crippen LogP) is 1.94. The molecule has 0 saturated heterocycles. The number of aromatic amines is 1. The van der Waals surface area contributed by atoms with Crippen LogP contribution in [0.25, 0.3) is 11.5 Å². The van der Waals surface area contributed by atoms with Gasteiger partial charge < -0.3 is 4.98 Å². The Bertz CT molecular complexity index is 467. The van der Waals surface area contributed by atoms with Crippen LogP contribution in [0.2, 0.25) is 5.02 Å². The molecule has 0 unspecified atom stereocenters. The topological polar surface area (TPSA) is 58.6 Å². The highest BCUT2D eigenvalue weighted by molar-refractivity contribution is 6.32. The lowest BCUT2D eigenvalue weighted by Crippen LogP contribution is -1.86. The van der Waals surface area contributed by atoms with Crippen molar-refractivity contribution in [3.8, 4) is 11.5 Å². The van der Waals surface area contributed by atoms with Crippen molar-refractivity contribution in [1.29, 1.82) is 0 Å². The van der Waals surface area contributed by atoms with Crippen LogP contribution in [0.15, 0.2) is 24.5 Å². The number of H-pyrrole nitrogens is 1. The molecular weight excluding hydrogens is 202 g/mol. The zero-order valence-electron chi connectivity index (χ0n) is 7.07. The molecule has 2 aromatic heterocycles. The summed E-state index contributed by atoms with van der Waals surface area (Å²) in [6.45, 7) is 0. The zero-order valence-corrected chi connectivity index (χ0v) is 7.82. The lowest BCUT2D eigenvalue weighted by Gasteiger charge is -1.97. The number of carbonyl (C=O) groups excluding carboxylic acids is 1. The Morgan fingerprint density at radius 2 is 2.29 bits per heavy atom. The van der Waals surface area contributed by atoms with Gasteiger partial charge in [0.15, 0.2) is 12.1 Å². The Morgan fingerprint density at radius 1 is 1.43 bits per heavy atom. The SMILES string of the molecule is O=Cc1cnc(-c2ncccc2Cl)[nH]1. The minimum atomic E-state index is 0.404. The van der Waals surface area contributed by atoms with E-state index in [2.05, 4.69) is 15.0 Å². The summed E-state index contributed by atoms with van der Waals surface area (Å²) in [4.78, 5) is 21.2. The molecule has 0 radical (unpaired) electrons. The maximum absolute atomic E-state index is 10.4. The third-order valence-corrected chi connectivity index (χ3v) is 2.01. The molecule has 4 nitrogen and oxygen atoms in total. The fourth-order valence-electron chi connectivity index (χ4n) is 1.08. The number of imidazole rings is 1. The van der Waals surface area contributed by atoms with Gasteiger partial charge in [-0.3, -0.25) is 9.78 Å². The second kappa shape index (κ2) is 3.59. The van der Waals surface area contributed by atoms with Gasteiger partial charge in [-0.05, 0) is 12.1 Å². The minimum absolute atomic E-state index is 0.404. The second-order valence-electron chi connectivity index (χ2n) is 2.64. The molecule has 0 aliphatic rings. The molecular formula is C9H6ClN3O. The number of aromatic nitrogens is 3. The van der Waals surface area contributed by atoms with E-state index in [-0.39, 0.29) is 0 Å². The largest absolute Gasteiger partial charge is 0.334 e. The number of nitrogens with one attached hydrogen (secondary N) is 1. The molecule has 5 heteroatoms. The molecule has 0 aromatic carbocycles. The van der Waals surface area contributed by atoms with Crippen LogP contribution in [0.5, 0.6) is 0 Å². The Hall–Kier alpha value is -1.68. The summed E-state index contributed by atoms with van der Waals surface area (Å²) in [7, 11) is 0. The van der Waals surface area contributed by atoms with Crippen molar-refractivity contribution in [2.24, 2.45) is 0 Å². The van der Waals surface area contributed by atoms with Crippen LogP contribution < -0.4 is 0 Å². The zero-order chi connectivity index (χ0) is 9.97. The van der Waals surface area contributed by atoms with E-state index < -0.39 is 0 Å². The van der Waals surface area contributed by atoms with Crippen LogP contribution in [-0.4, -0.2) is 21.2 Å². The number of pyridine rings is 1. The standard InChI is InChI=1S/C9H6ClN3O/c10-7-2-1-3-11-8(7)9-12-4-6(5-14)13-9/h1-5H,(H,12,13). The van der Waals surface area contributed by atoms with E-state index in [0.717, 1.165) is 0 Å². The normalized spacial score (nSPS) is 10.1. The second-order valence-corrected chi connectivity index (χ2v) is 3.05. The summed E-state index contributed by atoms with van der Waals surface area (Å²) >= 11 is 5.90. The van der Waals surface area contributed by atoms with Crippen LogP contribution in [0.4, 0.5) is 0 Å². The summed E-state index contributed by atoms with van der Waals surface area (Å²) in [6.07, 6.45) is 3.74. The molecule has 14 heavy (non-hydrogen) atoms. The van der Waals surface area contributed by atoms with Crippen LogP contribution >= 0.6 is 11.6 Å². The smallest absolute Gasteiger partial charge is 0.167 e. The van der Waals surface area contributed by atoms with E-state index in [0.29, 0.717) is 28.5 Å². The van der Waals surface area contributed by atoms with Crippen molar-refractivity contribution < 1.29 is 4.79 Å². The van der Waals surface area contributed by atoms with Gasteiger partial charge in [-0.25, -0.2) is 4.98 Å². The van der Waals surface area contributed by atoms with Gasteiger partial charge in [-0.2, -0.15) is 0 Å². The minimum Gasteiger partial charge on any atom is -0.334 e. The number of carbonyl (C=O) groups is 1. The molecule has 2 heterocycles. The average Bonchev–Trinajstić information content (AvgIpc) is 2.67. The van der Waals surface area contributed by atoms with Crippen molar-refractivity contribution in [3.05, 3.63) is 35.2 Å². The van der Waals surface area contributed by atoms with E-state index in [4.69, 9.17) is 11.6 Å². The first-order valence-electron chi connectivity index (χ1n) is 3.92. The van der Waals surface area contributed by atoms with Crippen molar-refractivity contribution >= 4 is 17.9 Å². The maximum atomic E-state index is 10.4. The maximum Gasteiger partial charge on any atom is 0.167 e. The summed E-state index contributed by atoms with van der Waals surface area (Å²) in [5, 5.41) is 0.499. The monoisotopic (exact) mass is 207 g/mol. The van der Waals surface area contributed by atoms with Crippen molar-refractivity contribution in [2.75, 3.05) is 0 Å². The fraction of sp³-hybridized carbons (Fsp3) is 0. The molecule has 0 spiro atoms. The van der Waals surface area contributed by atoms with Crippen molar-refractivity contribution in [1.82, 2.24) is 15.0 Å². The summed E-state index contributed by atoms with van der Waals surface area (Å²) in [5.74, 6) is 0.498. The average molecular weight is 208 g/mol. The van der Waals surface area contributed by atoms with Gasteiger partial charge >= 0.3 is 0 Å². The predicted molar refractivity (Wildman–Crippen MR) is 52.2 cm³/mol. The van der Waals surface area contributed by atoms with Crippen LogP contribution in [0.1, 0.15) is 10.5 Å². The lowest BCUT2D eigenvalue weighted by molar-refractivity contribution is 0.111. The highest BCUT2D eigenvalue weighted by Gasteiger charge is 2.07. The summed E-state index contributed by atoms with van der Waals surface area (Å²) in [6, 6.07) is 3.45. The lowest BCUT2D eigenvalue weighted by atomic mass is 10.3. The highest BCUT2D eigenvalue weighted by Crippen LogP contribution is 2.21. The van der Waals surface area contributed by atoms with E-state index in [9.17, 15) is 4.79 Å². The first-order chi connectivity index (χ1) is 6.81. The Balaban J connectivity index is 2.49. The molecule has 0 saturated carbocycles. The van der Waals surface area contributed by atoms with E-state index in [1.54, 1.807) is 18.3 Å². The highest BCUT2D eigenvalue weighted by atomic mass is 35.5. The molecule has 0 atom stereocenters. The van der Waals surface area contributed by atoms with Gasteiger partial charge in [0.2, 0.25) is 0 Å². The molecule has 0 aliphatic carbocycles. The molecule has 70 valence electrons. The van der Waals surface area contributed by atoms with Crippen molar-refractivity contribution in [2.45, 2.75) is 0 Å². The van der Waals surface area contributed by atoms with E-state index >= 15 is 0 Å². The van der Waals surface area contributed by atoms with Gasteiger partial charge in [0.1, 0.15) is 5.69 Å². The van der Waals surface area contributed by atoms with Crippen LogP contribution in [-0.2, 0) is 0 Å². The Labute approximate surface area is 85.0 Å². The first kappa shape index (κ1) is 8.90. The third-order valence-electron chi connectivity index (χ3n) is 1.71. The van der Waals surface area contributed by atoms with Gasteiger partial charge in [-0.15, -0.1) is 0 Å². The fourth-order valence-corrected chi connectivity index (χ4v) is 1.29. The van der Waals surface area contributed by atoms with Gasteiger partial charge in [-0.1, -0.05) is 11.6 Å².